The van der Waals surface area contributed by atoms with Crippen LogP contribution in [0.15, 0.2) is 24.3 Å². The van der Waals surface area contributed by atoms with Gasteiger partial charge in [0.05, 0.1) is 5.02 Å². The van der Waals surface area contributed by atoms with Gasteiger partial charge in [0.25, 0.3) is 5.91 Å². The van der Waals surface area contributed by atoms with Gasteiger partial charge < -0.3 is 19.5 Å². The molecule has 24 heavy (non-hydrogen) atoms. The number of nitrogens with zero attached hydrogens (tertiary/aromatic N) is 1. The van der Waals surface area contributed by atoms with Gasteiger partial charge in [0.15, 0.2) is 6.10 Å². The van der Waals surface area contributed by atoms with E-state index in [-0.39, 0.29) is 12.0 Å². The monoisotopic (exact) mass is 353 g/mol. The molecule has 0 radical (unpaired) electrons. The van der Waals surface area contributed by atoms with E-state index in [0.717, 1.165) is 0 Å². The SMILES string of the molecule is O=C(O)[C@H]1CC[C@@H](C(=O)N2CCC(Oc3ccccc3Cl)CC2)O1. The fourth-order valence-corrected chi connectivity index (χ4v) is 3.30. The number of amides is 1. The van der Waals surface area contributed by atoms with E-state index in [9.17, 15) is 9.59 Å². The summed E-state index contributed by atoms with van der Waals surface area (Å²) in [6, 6.07) is 7.34. The van der Waals surface area contributed by atoms with Crippen LogP contribution in [0.1, 0.15) is 25.7 Å². The van der Waals surface area contributed by atoms with E-state index < -0.39 is 18.2 Å². The van der Waals surface area contributed by atoms with Crippen LogP contribution in [0.3, 0.4) is 0 Å². The maximum Gasteiger partial charge on any atom is 0.332 e. The van der Waals surface area contributed by atoms with Crippen LogP contribution in [0.4, 0.5) is 0 Å². The number of likely N-dealkylation sites (tertiary alicyclic amines) is 1. The molecule has 1 N–H and O–H groups in total. The Morgan fingerprint density at radius 3 is 2.42 bits per heavy atom. The summed E-state index contributed by atoms with van der Waals surface area (Å²) in [5.41, 5.74) is 0. The summed E-state index contributed by atoms with van der Waals surface area (Å²) >= 11 is 6.09. The van der Waals surface area contributed by atoms with Crippen molar-refractivity contribution < 1.29 is 24.2 Å². The zero-order valence-corrected chi connectivity index (χ0v) is 13.9. The Kier molecular flexibility index (Phi) is 5.26. The van der Waals surface area contributed by atoms with Gasteiger partial charge in [-0.25, -0.2) is 4.79 Å². The van der Waals surface area contributed by atoms with Crippen LogP contribution < -0.4 is 4.74 Å². The molecular weight excluding hydrogens is 334 g/mol. The molecule has 2 aliphatic rings. The quantitative estimate of drug-likeness (QED) is 0.899. The van der Waals surface area contributed by atoms with Crippen LogP contribution in [0.5, 0.6) is 5.75 Å². The largest absolute Gasteiger partial charge is 0.489 e. The number of aliphatic carboxylic acids is 1. The van der Waals surface area contributed by atoms with E-state index >= 15 is 0 Å². The van der Waals surface area contributed by atoms with Crippen molar-refractivity contribution in [3.05, 3.63) is 29.3 Å². The lowest BCUT2D eigenvalue weighted by molar-refractivity contribution is -0.155. The Balaban J connectivity index is 1.49. The minimum absolute atomic E-state index is 0.0187. The summed E-state index contributed by atoms with van der Waals surface area (Å²) < 4.78 is 11.2. The second-order valence-corrected chi connectivity index (χ2v) is 6.51. The smallest absolute Gasteiger partial charge is 0.332 e. The molecule has 0 spiro atoms. The van der Waals surface area contributed by atoms with Crippen LogP contribution in [0.25, 0.3) is 0 Å². The minimum atomic E-state index is -1.00. The number of hydrogen-bond acceptors (Lipinski definition) is 4. The number of carbonyl (C=O) groups is 2. The first-order valence-electron chi connectivity index (χ1n) is 8.13. The van der Waals surface area contributed by atoms with Crippen molar-refractivity contribution in [1.29, 1.82) is 0 Å². The number of para-hydroxylation sites is 1. The van der Waals surface area contributed by atoms with Gasteiger partial charge in [-0.15, -0.1) is 0 Å². The van der Waals surface area contributed by atoms with Crippen molar-refractivity contribution in [3.63, 3.8) is 0 Å². The van der Waals surface area contributed by atoms with E-state index in [1.54, 1.807) is 11.0 Å². The highest BCUT2D eigenvalue weighted by molar-refractivity contribution is 6.32. The van der Waals surface area contributed by atoms with Crippen molar-refractivity contribution in [2.75, 3.05) is 13.1 Å². The zero-order chi connectivity index (χ0) is 17.1. The lowest BCUT2D eigenvalue weighted by Gasteiger charge is -2.33. The Hall–Kier alpha value is -1.79. The first kappa shape index (κ1) is 17.0. The zero-order valence-electron chi connectivity index (χ0n) is 13.2. The van der Waals surface area contributed by atoms with Crippen molar-refractivity contribution in [2.24, 2.45) is 0 Å². The molecule has 2 aliphatic heterocycles. The molecule has 1 aromatic carbocycles. The summed E-state index contributed by atoms with van der Waals surface area (Å²) in [5.74, 6) is -0.459. The summed E-state index contributed by atoms with van der Waals surface area (Å²) in [5, 5.41) is 9.52. The van der Waals surface area contributed by atoms with Crippen molar-refractivity contribution in [3.8, 4) is 5.75 Å². The second-order valence-electron chi connectivity index (χ2n) is 6.10. The predicted molar refractivity (Wildman–Crippen MR) is 87.2 cm³/mol. The molecule has 0 bridgehead atoms. The highest BCUT2D eigenvalue weighted by Gasteiger charge is 2.37. The van der Waals surface area contributed by atoms with Gasteiger partial charge in [-0.05, 0) is 25.0 Å². The number of carbonyl (C=O) groups excluding carboxylic acids is 1. The molecule has 2 atom stereocenters. The van der Waals surface area contributed by atoms with E-state index in [2.05, 4.69) is 0 Å². The first-order valence-corrected chi connectivity index (χ1v) is 8.50. The van der Waals surface area contributed by atoms with Gasteiger partial charge in [0.2, 0.25) is 0 Å². The number of benzene rings is 1. The summed E-state index contributed by atoms with van der Waals surface area (Å²) in [7, 11) is 0. The summed E-state index contributed by atoms with van der Waals surface area (Å²) in [6.45, 7) is 1.15. The molecule has 3 rings (SSSR count). The van der Waals surface area contributed by atoms with E-state index in [1.165, 1.54) is 0 Å². The molecule has 2 fully saturated rings. The van der Waals surface area contributed by atoms with Gasteiger partial charge in [-0.2, -0.15) is 0 Å². The fourth-order valence-electron chi connectivity index (χ4n) is 3.12. The van der Waals surface area contributed by atoms with Gasteiger partial charge in [-0.3, -0.25) is 4.79 Å². The molecule has 0 unspecified atom stereocenters. The number of hydrogen-bond donors (Lipinski definition) is 1. The summed E-state index contributed by atoms with van der Waals surface area (Å²) in [6.07, 6.45) is 0.805. The van der Waals surface area contributed by atoms with Crippen molar-refractivity contribution >= 4 is 23.5 Å². The highest BCUT2D eigenvalue weighted by atomic mass is 35.5. The average molecular weight is 354 g/mol. The third-order valence-corrected chi connectivity index (χ3v) is 4.77. The Labute approximate surface area is 145 Å². The van der Waals surface area contributed by atoms with Crippen LogP contribution in [-0.2, 0) is 14.3 Å². The lowest BCUT2D eigenvalue weighted by Crippen LogP contribution is -2.46. The number of ether oxygens (including phenoxy) is 2. The molecule has 7 heteroatoms. The number of halogens is 1. The molecule has 0 saturated carbocycles. The molecule has 2 saturated heterocycles. The van der Waals surface area contributed by atoms with Gasteiger partial charge >= 0.3 is 5.97 Å². The summed E-state index contributed by atoms with van der Waals surface area (Å²) in [4.78, 5) is 25.1. The third kappa shape index (κ3) is 3.82. The highest BCUT2D eigenvalue weighted by Crippen LogP contribution is 2.28. The molecule has 2 heterocycles. The molecule has 0 aromatic heterocycles. The molecular formula is C17H20ClNO5. The van der Waals surface area contributed by atoms with E-state index in [0.29, 0.717) is 49.5 Å². The number of piperidine rings is 1. The van der Waals surface area contributed by atoms with Gasteiger partial charge in [0.1, 0.15) is 18.0 Å². The van der Waals surface area contributed by atoms with Crippen molar-refractivity contribution in [2.45, 2.75) is 44.0 Å². The molecule has 1 amide bonds. The second kappa shape index (κ2) is 7.40. The minimum Gasteiger partial charge on any atom is -0.489 e. The number of carboxylic acids is 1. The number of carboxylic acid groups (broad SMARTS) is 1. The van der Waals surface area contributed by atoms with E-state index in [1.807, 2.05) is 18.2 Å². The maximum atomic E-state index is 12.4. The maximum absolute atomic E-state index is 12.4. The predicted octanol–water partition coefficient (Wildman–Crippen LogP) is 2.34. The van der Waals surface area contributed by atoms with Crippen LogP contribution in [0.2, 0.25) is 5.02 Å². The van der Waals surface area contributed by atoms with Gasteiger partial charge in [0, 0.05) is 25.9 Å². The Morgan fingerprint density at radius 2 is 1.79 bits per heavy atom. The topological polar surface area (TPSA) is 76.1 Å². The van der Waals surface area contributed by atoms with Crippen LogP contribution >= 0.6 is 11.6 Å². The third-order valence-electron chi connectivity index (χ3n) is 4.45. The lowest BCUT2D eigenvalue weighted by atomic mass is 10.1. The van der Waals surface area contributed by atoms with Crippen molar-refractivity contribution in [1.82, 2.24) is 4.90 Å². The molecule has 130 valence electrons. The molecule has 1 aromatic rings. The van der Waals surface area contributed by atoms with E-state index in [4.69, 9.17) is 26.2 Å². The Bertz CT molecular complexity index is 615. The molecule has 6 nitrogen and oxygen atoms in total. The first-order chi connectivity index (χ1) is 11.5. The normalized spacial score (nSPS) is 24.8. The fraction of sp³-hybridized carbons (Fsp3) is 0.529. The standard InChI is InChI=1S/C17H20ClNO5/c18-12-3-1-2-4-13(12)23-11-7-9-19(10-8-11)16(20)14-5-6-15(24-14)17(21)22/h1-4,11,14-15H,5-10H2,(H,21,22)/t14-,15+/m0/s1. The van der Waals surface area contributed by atoms with Crippen LogP contribution in [-0.4, -0.2) is 53.3 Å². The molecule has 0 aliphatic carbocycles. The average Bonchev–Trinajstić information content (AvgIpc) is 3.07. The van der Waals surface area contributed by atoms with Crippen LogP contribution in [0, 0.1) is 0 Å². The number of rotatable bonds is 4. The Morgan fingerprint density at radius 1 is 1.12 bits per heavy atom. The van der Waals surface area contributed by atoms with Gasteiger partial charge in [-0.1, -0.05) is 23.7 Å².